The molecule has 0 atom stereocenters. The fourth-order valence-corrected chi connectivity index (χ4v) is 2.84. The third-order valence-corrected chi connectivity index (χ3v) is 4.42. The Morgan fingerprint density at radius 1 is 1.26 bits per heavy atom. The monoisotopic (exact) mass is 425 g/mol. The van der Waals surface area contributed by atoms with Crippen molar-refractivity contribution in [3.8, 4) is 5.75 Å². The minimum atomic E-state index is 0. The molecule has 0 unspecified atom stereocenters. The summed E-state index contributed by atoms with van der Waals surface area (Å²) in [7, 11) is 1.69. The van der Waals surface area contributed by atoms with Gasteiger partial charge in [0.1, 0.15) is 5.75 Å². The largest absolute Gasteiger partial charge is 0.496 e. The molecular formula is C18H24IN3O. The second-order valence-corrected chi connectivity index (χ2v) is 5.85. The smallest absolute Gasteiger partial charge is 0.188 e. The number of fused-ring (bicyclic) bond motifs is 1. The normalized spacial score (nSPS) is 14.9. The Morgan fingerprint density at radius 3 is 2.74 bits per heavy atom. The number of nitrogens with zero attached hydrogens (tertiary/aromatic N) is 1. The zero-order chi connectivity index (χ0) is 15.4. The maximum absolute atomic E-state index is 5.98. The Bertz CT molecular complexity index is 683. The van der Waals surface area contributed by atoms with Crippen molar-refractivity contribution in [3.63, 3.8) is 0 Å². The molecule has 1 fully saturated rings. The van der Waals surface area contributed by atoms with Crippen molar-refractivity contribution in [2.24, 2.45) is 16.6 Å². The molecular weight excluding hydrogens is 401 g/mol. The summed E-state index contributed by atoms with van der Waals surface area (Å²) in [5, 5.41) is 5.58. The van der Waals surface area contributed by atoms with Crippen molar-refractivity contribution in [1.82, 2.24) is 5.32 Å². The van der Waals surface area contributed by atoms with Gasteiger partial charge in [0, 0.05) is 12.1 Å². The maximum Gasteiger partial charge on any atom is 0.188 e. The van der Waals surface area contributed by atoms with E-state index in [0.717, 1.165) is 29.2 Å². The Kier molecular flexibility index (Phi) is 6.50. The summed E-state index contributed by atoms with van der Waals surface area (Å²) in [6, 6.07) is 12.3. The first-order valence-corrected chi connectivity index (χ1v) is 7.86. The van der Waals surface area contributed by atoms with Gasteiger partial charge in [-0.05, 0) is 35.6 Å². The topological polar surface area (TPSA) is 59.6 Å². The van der Waals surface area contributed by atoms with E-state index in [-0.39, 0.29) is 24.0 Å². The molecule has 3 N–H and O–H groups in total. The van der Waals surface area contributed by atoms with E-state index < -0.39 is 0 Å². The summed E-state index contributed by atoms with van der Waals surface area (Å²) in [6.45, 7) is 1.45. The lowest BCUT2D eigenvalue weighted by atomic mass is 9.85. The first-order valence-electron chi connectivity index (χ1n) is 7.86. The van der Waals surface area contributed by atoms with Gasteiger partial charge in [0.15, 0.2) is 5.96 Å². The average molecular weight is 425 g/mol. The third kappa shape index (κ3) is 4.28. The molecule has 0 radical (unpaired) electrons. The molecule has 0 aromatic heterocycles. The summed E-state index contributed by atoms with van der Waals surface area (Å²) in [5.74, 6) is 2.14. The third-order valence-electron chi connectivity index (χ3n) is 4.42. The SMILES string of the molecule is COc1ccc2ccccc2c1CN=C(N)NCC1CCC1.I. The van der Waals surface area contributed by atoms with Crippen LogP contribution in [-0.4, -0.2) is 19.6 Å². The fourth-order valence-electron chi connectivity index (χ4n) is 2.84. The van der Waals surface area contributed by atoms with Crippen molar-refractivity contribution in [1.29, 1.82) is 0 Å². The number of hydrogen-bond donors (Lipinski definition) is 2. The number of guanidine groups is 1. The molecule has 23 heavy (non-hydrogen) atoms. The average Bonchev–Trinajstić information content (AvgIpc) is 2.50. The van der Waals surface area contributed by atoms with Crippen LogP contribution in [0.5, 0.6) is 5.75 Å². The lowest BCUT2D eigenvalue weighted by Crippen LogP contribution is -2.37. The number of benzene rings is 2. The zero-order valence-electron chi connectivity index (χ0n) is 13.4. The van der Waals surface area contributed by atoms with E-state index >= 15 is 0 Å². The summed E-state index contributed by atoms with van der Waals surface area (Å²) < 4.78 is 5.48. The van der Waals surface area contributed by atoms with Crippen LogP contribution in [0.2, 0.25) is 0 Å². The van der Waals surface area contributed by atoms with Crippen molar-refractivity contribution in [2.45, 2.75) is 25.8 Å². The van der Waals surface area contributed by atoms with Crippen LogP contribution in [0, 0.1) is 5.92 Å². The van der Waals surface area contributed by atoms with Crippen molar-refractivity contribution < 1.29 is 4.74 Å². The van der Waals surface area contributed by atoms with Gasteiger partial charge in [-0.2, -0.15) is 0 Å². The summed E-state index contributed by atoms with van der Waals surface area (Å²) >= 11 is 0. The van der Waals surface area contributed by atoms with Gasteiger partial charge in [0.2, 0.25) is 0 Å². The zero-order valence-corrected chi connectivity index (χ0v) is 15.7. The van der Waals surface area contributed by atoms with Gasteiger partial charge in [-0.3, -0.25) is 0 Å². The molecule has 124 valence electrons. The molecule has 0 amide bonds. The molecule has 0 heterocycles. The Morgan fingerprint density at radius 2 is 2.04 bits per heavy atom. The molecule has 4 nitrogen and oxygen atoms in total. The quantitative estimate of drug-likeness (QED) is 0.437. The van der Waals surface area contributed by atoms with E-state index in [1.54, 1.807) is 7.11 Å². The van der Waals surface area contributed by atoms with Gasteiger partial charge in [0.25, 0.3) is 0 Å². The highest BCUT2D eigenvalue weighted by molar-refractivity contribution is 14.0. The lowest BCUT2D eigenvalue weighted by Gasteiger charge is -2.25. The highest BCUT2D eigenvalue weighted by Gasteiger charge is 2.16. The molecule has 3 rings (SSSR count). The first kappa shape index (κ1) is 17.8. The Labute approximate surface area is 154 Å². The Hall–Kier alpha value is -1.50. The molecule has 1 aliphatic carbocycles. The second kappa shape index (κ2) is 8.38. The number of nitrogens with one attached hydrogen (secondary N) is 1. The van der Waals surface area contributed by atoms with E-state index in [0.29, 0.717) is 12.5 Å². The standard InChI is InChI=1S/C18H23N3O.HI/c1-22-17-10-9-14-7-2-3-8-15(14)16(17)12-21-18(19)20-11-13-5-4-6-13;/h2-3,7-10,13H,4-6,11-12H2,1H3,(H3,19,20,21);1H. The predicted octanol–water partition coefficient (Wildman–Crippen LogP) is 3.67. The molecule has 2 aromatic carbocycles. The van der Waals surface area contributed by atoms with Gasteiger partial charge in [-0.15, -0.1) is 24.0 Å². The van der Waals surface area contributed by atoms with E-state index in [1.807, 2.05) is 18.2 Å². The van der Waals surface area contributed by atoms with Crippen LogP contribution in [0.15, 0.2) is 41.4 Å². The van der Waals surface area contributed by atoms with Gasteiger partial charge in [-0.25, -0.2) is 4.99 Å². The van der Waals surface area contributed by atoms with Gasteiger partial charge in [0.05, 0.1) is 13.7 Å². The minimum Gasteiger partial charge on any atom is -0.496 e. The van der Waals surface area contributed by atoms with Crippen LogP contribution in [0.4, 0.5) is 0 Å². The number of aliphatic imine (C=N–C) groups is 1. The van der Waals surface area contributed by atoms with Crippen LogP contribution in [0.3, 0.4) is 0 Å². The van der Waals surface area contributed by atoms with Gasteiger partial charge >= 0.3 is 0 Å². The van der Waals surface area contributed by atoms with Crippen molar-refractivity contribution in [2.75, 3.05) is 13.7 Å². The van der Waals surface area contributed by atoms with Crippen LogP contribution in [-0.2, 0) is 6.54 Å². The van der Waals surface area contributed by atoms with Crippen LogP contribution in [0.25, 0.3) is 10.8 Å². The molecule has 0 saturated heterocycles. The molecule has 1 aliphatic rings. The van der Waals surface area contributed by atoms with Crippen LogP contribution < -0.4 is 15.8 Å². The molecule has 0 aliphatic heterocycles. The summed E-state index contributed by atoms with van der Waals surface area (Å²) in [4.78, 5) is 4.49. The van der Waals surface area contributed by atoms with Gasteiger partial charge < -0.3 is 15.8 Å². The fraction of sp³-hybridized carbons (Fsp3) is 0.389. The summed E-state index contributed by atoms with van der Waals surface area (Å²) in [5.41, 5.74) is 7.06. The predicted molar refractivity (Wildman–Crippen MR) is 107 cm³/mol. The van der Waals surface area contributed by atoms with Crippen molar-refractivity contribution in [3.05, 3.63) is 42.0 Å². The number of hydrogen-bond acceptors (Lipinski definition) is 2. The van der Waals surface area contributed by atoms with E-state index in [4.69, 9.17) is 10.5 Å². The lowest BCUT2D eigenvalue weighted by molar-refractivity contribution is 0.315. The molecule has 0 bridgehead atoms. The first-order chi connectivity index (χ1) is 10.8. The Balaban J connectivity index is 0.00000192. The van der Waals surface area contributed by atoms with Crippen LogP contribution >= 0.6 is 24.0 Å². The highest BCUT2D eigenvalue weighted by Crippen LogP contribution is 2.28. The maximum atomic E-state index is 5.98. The van der Waals surface area contributed by atoms with Crippen molar-refractivity contribution >= 4 is 40.7 Å². The molecule has 2 aromatic rings. The number of nitrogens with two attached hydrogens (primary N) is 1. The van der Waals surface area contributed by atoms with E-state index in [1.165, 1.54) is 24.6 Å². The second-order valence-electron chi connectivity index (χ2n) is 5.85. The highest BCUT2D eigenvalue weighted by atomic mass is 127. The minimum absolute atomic E-state index is 0. The van der Waals surface area contributed by atoms with Gasteiger partial charge in [-0.1, -0.05) is 36.8 Å². The molecule has 5 heteroatoms. The molecule has 0 spiro atoms. The number of halogens is 1. The van der Waals surface area contributed by atoms with Crippen LogP contribution in [0.1, 0.15) is 24.8 Å². The number of methoxy groups -OCH3 is 1. The summed E-state index contributed by atoms with van der Waals surface area (Å²) in [6.07, 6.45) is 3.95. The molecule has 1 saturated carbocycles. The van der Waals surface area contributed by atoms with E-state index in [2.05, 4.69) is 28.5 Å². The van der Waals surface area contributed by atoms with E-state index in [9.17, 15) is 0 Å². The number of ether oxygens (including phenoxy) is 1. The number of rotatable bonds is 5.